The van der Waals surface area contributed by atoms with Gasteiger partial charge in [-0.1, -0.05) is 18.5 Å². The van der Waals surface area contributed by atoms with E-state index in [9.17, 15) is 0 Å². The lowest BCUT2D eigenvalue weighted by atomic mass is 10.0. The molecule has 19 heavy (non-hydrogen) atoms. The van der Waals surface area contributed by atoms with Crippen molar-refractivity contribution >= 4 is 11.6 Å². The van der Waals surface area contributed by atoms with Crippen LogP contribution in [0, 0.1) is 0 Å². The maximum absolute atomic E-state index is 6.39. The van der Waals surface area contributed by atoms with Crippen molar-refractivity contribution in [1.29, 1.82) is 0 Å². The lowest BCUT2D eigenvalue weighted by Crippen LogP contribution is -2.16. The summed E-state index contributed by atoms with van der Waals surface area (Å²) in [6.07, 6.45) is 5.03. The van der Waals surface area contributed by atoms with Crippen LogP contribution in [0.4, 0.5) is 0 Å². The highest BCUT2D eigenvalue weighted by molar-refractivity contribution is 6.31. The first kappa shape index (κ1) is 14.0. The molecule has 2 heterocycles. The van der Waals surface area contributed by atoms with E-state index in [0.29, 0.717) is 6.42 Å². The number of aromatic nitrogens is 3. The average molecular weight is 279 g/mol. The number of hydrogen-bond acceptors (Lipinski definition) is 3. The summed E-state index contributed by atoms with van der Waals surface area (Å²) in [5.41, 5.74) is 9.27. The van der Waals surface area contributed by atoms with E-state index in [0.717, 1.165) is 34.9 Å². The van der Waals surface area contributed by atoms with E-state index in [-0.39, 0.29) is 6.04 Å². The fourth-order valence-corrected chi connectivity index (χ4v) is 2.50. The van der Waals surface area contributed by atoms with Crippen LogP contribution in [0.3, 0.4) is 0 Å². The van der Waals surface area contributed by atoms with Crippen molar-refractivity contribution in [1.82, 2.24) is 14.8 Å². The van der Waals surface area contributed by atoms with Gasteiger partial charge in [-0.3, -0.25) is 9.67 Å². The van der Waals surface area contributed by atoms with Gasteiger partial charge >= 0.3 is 0 Å². The van der Waals surface area contributed by atoms with Crippen molar-refractivity contribution in [3.05, 3.63) is 46.5 Å². The van der Waals surface area contributed by atoms with Gasteiger partial charge in [0.1, 0.15) is 0 Å². The molecule has 0 saturated heterocycles. The van der Waals surface area contributed by atoms with Crippen molar-refractivity contribution in [2.75, 3.05) is 0 Å². The fourth-order valence-electron chi connectivity index (χ4n) is 2.15. The van der Waals surface area contributed by atoms with Crippen LogP contribution >= 0.6 is 11.6 Å². The molecule has 1 atom stereocenters. The molecule has 0 aliphatic heterocycles. The smallest absolute Gasteiger partial charge is 0.0850 e. The standard InChI is InChI=1S/C14H19ClN4/c1-3-12-14(15)13(19(4-2)18-12)9-11(16)10-5-7-17-8-6-10/h5-8,11H,3-4,9,16H2,1-2H3. The van der Waals surface area contributed by atoms with Crippen LogP contribution in [0.1, 0.15) is 36.8 Å². The van der Waals surface area contributed by atoms with Crippen LogP contribution in [0.25, 0.3) is 0 Å². The maximum atomic E-state index is 6.39. The Labute approximate surface area is 118 Å². The third-order valence-corrected chi connectivity index (χ3v) is 3.68. The summed E-state index contributed by atoms with van der Waals surface area (Å²) in [6, 6.07) is 3.78. The quantitative estimate of drug-likeness (QED) is 0.915. The Bertz CT molecular complexity index is 536. The number of aryl methyl sites for hydroxylation is 2. The van der Waals surface area contributed by atoms with Crippen molar-refractivity contribution < 1.29 is 0 Å². The minimum absolute atomic E-state index is 0.0905. The zero-order valence-electron chi connectivity index (χ0n) is 11.3. The van der Waals surface area contributed by atoms with E-state index >= 15 is 0 Å². The molecule has 5 heteroatoms. The van der Waals surface area contributed by atoms with Crippen LogP contribution in [0.2, 0.25) is 5.02 Å². The molecular formula is C14H19ClN4. The zero-order valence-corrected chi connectivity index (χ0v) is 12.1. The number of hydrogen-bond donors (Lipinski definition) is 1. The molecule has 0 aromatic carbocycles. The maximum Gasteiger partial charge on any atom is 0.0850 e. The van der Waals surface area contributed by atoms with Gasteiger partial charge in [0, 0.05) is 31.4 Å². The lowest BCUT2D eigenvalue weighted by Gasteiger charge is -2.13. The van der Waals surface area contributed by atoms with E-state index in [1.54, 1.807) is 12.4 Å². The zero-order chi connectivity index (χ0) is 13.8. The Morgan fingerprint density at radius 1 is 1.32 bits per heavy atom. The average Bonchev–Trinajstić information content (AvgIpc) is 2.76. The van der Waals surface area contributed by atoms with Crippen LogP contribution in [0.5, 0.6) is 0 Å². The van der Waals surface area contributed by atoms with Crippen LogP contribution in [0.15, 0.2) is 24.5 Å². The van der Waals surface area contributed by atoms with E-state index in [2.05, 4.69) is 23.9 Å². The van der Waals surface area contributed by atoms with Gasteiger partial charge in [-0.2, -0.15) is 5.10 Å². The molecule has 102 valence electrons. The first-order valence-electron chi connectivity index (χ1n) is 6.56. The molecule has 2 aromatic rings. The van der Waals surface area contributed by atoms with Crippen LogP contribution < -0.4 is 5.73 Å². The highest BCUT2D eigenvalue weighted by Gasteiger charge is 2.17. The third kappa shape index (κ3) is 2.96. The van der Waals surface area contributed by atoms with Gasteiger partial charge < -0.3 is 5.73 Å². The van der Waals surface area contributed by atoms with Crippen molar-refractivity contribution in [3.63, 3.8) is 0 Å². The molecule has 0 bridgehead atoms. The summed E-state index contributed by atoms with van der Waals surface area (Å²) in [6.45, 7) is 4.92. The van der Waals surface area contributed by atoms with Gasteiger partial charge in [0.2, 0.25) is 0 Å². The summed E-state index contributed by atoms with van der Waals surface area (Å²) in [5, 5.41) is 5.27. The molecule has 2 rings (SSSR count). The topological polar surface area (TPSA) is 56.7 Å². The fraction of sp³-hybridized carbons (Fsp3) is 0.429. The molecule has 1 unspecified atom stereocenters. The number of rotatable bonds is 5. The summed E-state index contributed by atoms with van der Waals surface area (Å²) in [7, 11) is 0. The van der Waals surface area contributed by atoms with E-state index < -0.39 is 0 Å². The Morgan fingerprint density at radius 3 is 2.58 bits per heavy atom. The number of nitrogens with two attached hydrogens (primary N) is 1. The molecule has 2 aromatic heterocycles. The van der Waals surface area contributed by atoms with Crippen molar-refractivity contribution in [2.45, 2.75) is 39.3 Å². The first-order valence-corrected chi connectivity index (χ1v) is 6.94. The molecule has 4 nitrogen and oxygen atoms in total. The van der Waals surface area contributed by atoms with Gasteiger partial charge in [-0.15, -0.1) is 0 Å². The summed E-state index contributed by atoms with van der Waals surface area (Å²) in [5.74, 6) is 0. The Kier molecular flexibility index (Phi) is 4.56. The molecule has 0 amide bonds. The Morgan fingerprint density at radius 2 is 2.00 bits per heavy atom. The van der Waals surface area contributed by atoms with Crippen LogP contribution in [-0.4, -0.2) is 14.8 Å². The molecular weight excluding hydrogens is 260 g/mol. The van der Waals surface area contributed by atoms with Crippen molar-refractivity contribution in [3.8, 4) is 0 Å². The number of pyridine rings is 1. The molecule has 0 saturated carbocycles. The van der Waals surface area contributed by atoms with Gasteiger partial charge in [-0.25, -0.2) is 0 Å². The molecule has 2 N–H and O–H groups in total. The van der Waals surface area contributed by atoms with E-state index in [1.165, 1.54) is 0 Å². The second-order valence-electron chi connectivity index (χ2n) is 4.47. The van der Waals surface area contributed by atoms with Gasteiger partial charge in [-0.05, 0) is 31.0 Å². The molecule has 0 radical (unpaired) electrons. The highest BCUT2D eigenvalue weighted by atomic mass is 35.5. The monoisotopic (exact) mass is 278 g/mol. The van der Waals surface area contributed by atoms with Crippen LogP contribution in [-0.2, 0) is 19.4 Å². The van der Waals surface area contributed by atoms with Crippen molar-refractivity contribution in [2.24, 2.45) is 5.73 Å². The van der Waals surface area contributed by atoms with Gasteiger partial charge in [0.05, 0.1) is 16.4 Å². The van der Waals surface area contributed by atoms with E-state index in [1.807, 2.05) is 16.8 Å². The lowest BCUT2D eigenvalue weighted by molar-refractivity contribution is 0.585. The molecule has 0 aliphatic carbocycles. The minimum Gasteiger partial charge on any atom is -0.324 e. The predicted octanol–water partition coefficient (Wildman–Crippen LogP) is 2.76. The van der Waals surface area contributed by atoms with Gasteiger partial charge in [0.25, 0.3) is 0 Å². The molecule has 0 fully saturated rings. The minimum atomic E-state index is -0.0905. The summed E-state index contributed by atoms with van der Waals surface area (Å²) >= 11 is 6.39. The second-order valence-corrected chi connectivity index (χ2v) is 4.85. The first-order chi connectivity index (χ1) is 9.17. The summed E-state index contributed by atoms with van der Waals surface area (Å²) < 4.78 is 1.95. The van der Waals surface area contributed by atoms with Gasteiger partial charge in [0.15, 0.2) is 0 Å². The Balaban J connectivity index is 2.26. The largest absolute Gasteiger partial charge is 0.324 e. The highest BCUT2D eigenvalue weighted by Crippen LogP contribution is 2.25. The molecule has 0 aliphatic rings. The third-order valence-electron chi connectivity index (χ3n) is 3.24. The number of nitrogens with zero attached hydrogens (tertiary/aromatic N) is 3. The normalized spacial score (nSPS) is 12.6. The van der Waals surface area contributed by atoms with E-state index in [4.69, 9.17) is 17.3 Å². The summed E-state index contributed by atoms with van der Waals surface area (Å²) in [4.78, 5) is 4.00. The number of halogens is 1. The SMILES string of the molecule is CCc1nn(CC)c(CC(N)c2ccncc2)c1Cl. The Hall–Kier alpha value is -1.39. The predicted molar refractivity (Wildman–Crippen MR) is 77.2 cm³/mol. The molecule has 0 spiro atoms. The second kappa shape index (κ2) is 6.17.